The molecule has 8 nitrogen and oxygen atoms in total. The second-order valence-corrected chi connectivity index (χ2v) is 4.76. The van der Waals surface area contributed by atoms with E-state index in [9.17, 15) is 9.59 Å². The molecule has 0 saturated carbocycles. The fraction of sp³-hybridized carbons (Fsp3) is 0.250. The van der Waals surface area contributed by atoms with Crippen LogP contribution < -0.4 is 25.1 Å². The zero-order chi connectivity index (χ0) is 17.7. The number of hydrogen-bond acceptors (Lipinski definition) is 6. The van der Waals surface area contributed by atoms with Crippen LogP contribution in [0.3, 0.4) is 0 Å². The highest BCUT2D eigenvalue weighted by molar-refractivity contribution is 5.99. The highest BCUT2D eigenvalue weighted by Crippen LogP contribution is 2.38. The molecule has 8 heteroatoms. The number of benzene rings is 1. The molecule has 0 unspecified atom stereocenters. The van der Waals surface area contributed by atoms with E-state index in [0.29, 0.717) is 22.8 Å². The molecule has 0 radical (unpaired) electrons. The number of amides is 2. The average molecular weight is 334 g/mol. The third kappa shape index (κ3) is 3.43. The lowest BCUT2D eigenvalue weighted by molar-refractivity contribution is 0.0830. The molecular weight excluding hydrogens is 316 g/mol. The minimum atomic E-state index is -0.557. The van der Waals surface area contributed by atoms with Crippen LogP contribution in [0.5, 0.6) is 17.2 Å². The molecule has 128 valence electrons. The fourth-order valence-corrected chi connectivity index (χ4v) is 2.06. The van der Waals surface area contributed by atoms with Gasteiger partial charge in [0, 0.05) is 11.1 Å². The molecule has 0 fully saturated rings. The van der Waals surface area contributed by atoms with Crippen molar-refractivity contribution in [3.05, 3.63) is 41.3 Å². The Morgan fingerprint density at radius 2 is 1.54 bits per heavy atom. The first-order chi connectivity index (χ1) is 11.5. The Kier molecular flexibility index (Phi) is 5.31. The van der Waals surface area contributed by atoms with Crippen LogP contribution >= 0.6 is 0 Å². The number of ether oxygens (including phenoxy) is 3. The van der Waals surface area contributed by atoms with Crippen molar-refractivity contribution in [2.45, 2.75) is 6.92 Å². The van der Waals surface area contributed by atoms with Gasteiger partial charge in [0.25, 0.3) is 5.91 Å². The van der Waals surface area contributed by atoms with Crippen molar-refractivity contribution < 1.29 is 28.2 Å². The molecule has 2 aromatic rings. The van der Waals surface area contributed by atoms with Crippen molar-refractivity contribution in [1.82, 2.24) is 10.9 Å². The van der Waals surface area contributed by atoms with E-state index in [4.69, 9.17) is 18.6 Å². The number of aryl methyl sites for hydroxylation is 1. The Morgan fingerprint density at radius 1 is 0.958 bits per heavy atom. The van der Waals surface area contributed by atoms with E-state index in [0.717, 1.165) is 0 Å². The van der Waals surface area contributed by atoms with Crippen LogP contribution in [0, 0.1) is 6.92 Å². The van der Waals surface area contributed by atoms with Gasteiger partial charge in [-0.1, -0.05) is 0 Å². The summed E-state index contributed by atoms with van der Waals surface area (Å²) < 4.78 is 20.6. The number of furan rings is 1. The number of rotatable bonds is 5. The number of carbonyl (C=O) groups excluding carboxylic acids is 2. The summed E-state index contributed by atoms with van der Waals surface area (Å²) in [7, 11) is 4.35. The smallest absolute Gasteiger partial charge is 0.305 e. The van der Waals surface area contributed by atoms with Crippen LogP contribution in [-0.4, -0.2) is 33.1 Å². The Hall–Kier alpha value is -3.16. The van der Waals surface area contributed by atoms with Crippen LogP contribution in [0.1, 0.15) is 26.5 Å². The summed E-state index contributed by atoms with van der Waals surface area (Å²) in [6.45, 7) is 1.72. The zero-order valence-corrected chi connectivity index (χ0v) is 13.8. The van der Waals surface area contributed by atoms with E-state index in [1.807, 2.05) is 0 Å². The molecule has 0 spiro atoms. The Bertz CT molecular complexity index is 728. The van der Waals surface area contributed by atoms with E-state index in [1.165, 1.54) is 39.7 Å². The van der Waals surface area contributed by atoms with Crippen molar-refractivity contribution >= 4 is 11.8 Å². The first-order valence-electron chi connectivity index (χ1n) is 6.96. The predicted octanol–water partition coefficient (Wildman–Crippen LogP) is 1.69. The zero-order valence-electron chi connectivity index (χ0n) is 13.8. The molecule has 1 aromatic heterocycles. The molecule has 24 heavy (non-hydrogen) atoms. The maximum atomic E-state index is 12.2. The monoisotopic (exact) mass is 334 g/mol. The van der Waals surface area contributed by atoms with Crippen molar-refractivity contribution in [1.29, 1.82) is 0 Å². The molecule has 0 saturated heterocycles. The molecule has 0 atom stereocenters. The Balaban J connectivity index is 2.15. The number of hydrazine groups is 1. The molecular formula is C16H18N2O6. The van der Waals surface area contributed by atoms with E-state index >= 15 is 0 Å². The van der Waals surface area contributed by atoms with Gasteiger partial charge < -0.3 is 18.6 Å². The van der Waals surface area contributed by atoms with Crippen LogP contribution in [0.4, 0.5) is 0 Å². The molecule has 0 bridgehead atoms. The van der Waals surface area contributed by atoms with Gasteiger partial charge in [-0.15, -0.1) is 0 Å². The number of methoxy groups -OCH3 is 3. The van der Waals surface area contributed by atoms with Gasteiger partial charge in [-0.3, -0.25) is 20.4 Å². The minimum absolute atomic E-state index is 0.125. The van der Waals surface area contributed by atoms with E-state index in [-0.39, 0.29) is 11.3 Å². The SMILES string of the molecule is COc1cc(C(=O)NNC(=O)c2occc2C)cc(OC)c1OC. The summed E-state index contributed by atoms with van der Waals surface area (Å²) in [5.41, 5.74) is 5.47. The molecule has 1 heterocycles. The van der Waals surface area contributed by atoms with E-state index < -0.39 is 11.8 Å². The highest BCUT2D eigenvalue weighted by Gasteiger charge is 2.18. The van der Waals surface area contributed by atoms with Crippen LogP contribution in [-0.2, 0) is 0 Å². The molecule has 0 aliphatic heterocycles. The first-order valence-corrected chi connectivity index (χ1v) is 6.96. The van der Waals surface area contributed by atoms with Crippen LogP contribution in [0.25, 0.3) is 0 Å². The van der Waals surface area contributed by atoms with Crippen molar-refractivity contribution in [3.63, 3.8) is 0 Å². The molecule has 2 amide bonds. The Labute approximate surface area is 138 Å². The van der Waals surface area contributed by atoms with E-state index in [1.54, 1.807) is 13.0 Å². The second kappa shape index (κ2) is 7.40. The highest BCUT2D eigenvalue weighted by atomic mass is 16.5. The van der Waals surface area contributed by atoms with Crippen molar-refractivity contribution in [2.75, 3.05) is 21.3 Å². The molecule has 0 aliphatic rings. The summed E-state index contributed by atoms with van der Waals surface area (Å²) in [4.78, 5) is 24.2. The maximum Gasteiger partial charge on any atom is 0.305 e. The second-order valence-electron chi connectivity index (χ2n) is 4.76. The lowest BCUT2D eigenvalue weighted by Crippen LogP contribution is -2.41. The quantitative estimate of drug-likeness (QED) is 0.807. The largest absolute Gasteiger partial charge is 0.493 e. The lowest BCUT2D eigenvalue weighted by Gasteiger charge is -2.14. The summed E-state index contributed by atoms with van der Waals surface area (Å²) in [5, 5.41) is 0. The lowest BCUT2D eigenvalue weighted by atomic mass is 10.1. The van der Waals surface area contributed by atoms with Gasteiger partial charge in [-0.25, -0.2) is 0 Å². The number of nitrogens with one attached hydrogen (secondary N) is 2. The predicted molar refractivity (Wildman–Crippen MR) is 84.5 cm³/mol. The van der Waals surface area contributed by atoms with Gasteiger partial charge >= 0.3 is 5.91 Å². The molecule has 2 N–H and O–H groups in total. The van der Waals surface area contributed by atoms with Gasteiger partial charge in [0.1, 0.15) is 0 Å². The normalized spacial score (nSPS) is 10.0. The van der Waals surface area contributed by atoms with Crippen LogP contribution in [0.2, 0.25) is 0 Å². The van der Waals surface area contributed by atoms with E-state index in [2.05, 4.69) is 10.9 Å². The van der Waals surface area contributed by atoms with Gasteiger partial charge in [0.15, 0.2) is 17.3 Å². The summed E-state index contributed by atoms with van der Waals surface area (Å²) in [6, 6.07) is 4.60. The fourth-order valence-electron chi connectivity index (χ4n) is 2.06. The molecule has 1 aromatic carbocycles. The average Bonchev–Trinajstić information content (AvgIpc) is 3.03. The van der Waals surface area contributed by atoms with Gasteiger partial charge in [-0.2, -0.15) is 0 Å². The van der Waals surface area contributed by atoms with Crippen molar-refractivity contribution in [3.8, 4) is 17.2 Å². The van der Waals surface area contributed by atoms with Crippen LogP contribution in [0.15, 0.2) is 28.9 Å². The summed E-state index contributed by atoms with van der Waals surface area (Å²) in [5.74, 6) is 0.0440. The van der Waals surface area contributed by atoms with Crippen molar-refractivity contribution in [2.24, 2.45) is 0 Å². The summed E-state index contributed by atoms with van der Waals surface area (Å²) in [6.07, 6.45) is 1.39. The Morgan fingerprint density at radius 3 is 2.00 bits per heavy atom. The summed E-state index contributed by atoms with van der Waals surface area (Å²) >= 11 is 0. The standard InChI is InChI=1S/C16H18N2O6/c1-9-5-6-24-13(9)16(20)18-17-15(19)10-7-11(21-2)14(23-4)12(8-10)22-3/h5-8H,1-4H3,(H,17,19)(H,18,20). The van der Waals surface area contributed by atoms with Gasteiger partial charge in [0.2, 0.25) is 5.75 Å². The number of hydrogen-bond donors (Lipinski definition) is 2. The third-order valence-corrected chi connectivity index (χ3v) is 3.28. The third-order valence-electron chi connectivity index (χ3n) is 3.28. The maximum absolute atomic E-state index is 12.2. The van der Waals surface area contributed by atoms with Gasteiger partial charge in [0.05, 0.1) is 27.6 Å². The topological polar surface area (TPSA) is 99.0 Å². The molecule has 0 aliphatic carbocycles. The number of carbonyl (C=O) groups is 2. The van der Waals surface area contributed by atoms with Gasteiger partial charge in [-0.05, 0) is 25.1 Å². The minimum Gasteiger partial charge on any atom is -0.493 e. The first kappa shape index (κ1) is 17.2. The molecule has 2 rings (SSSR count).